The van der Waals surface area contributed by atoms with Crippen LogP contribution in [0.4, 0.5) is 15.3 Å². The maximum absolute atomic E-state index is 13.7. The molecular weight excluding hydrogens is 394 g/mol. The number of hydrogen-bond donors (Lipinski definition) is 2. The largest absolute Gasteiger partial charge is 0.369 e. The van der Waals surface area contributed by atoms with Crippen LogP contribution in [0, 0.1) is 5.82 Å². The molecule has 0 saturated carbocycles. The van der Waals surface area contributed by atoms with E-state index in [0.717, 1.165) is 29.2 Å². The Balaban J connectivity index is 1.46. The third-order valence-electron chi connectivity index (χ3n) is 4.31. The van der Waals surface area contributed by atoms with E-state index in [2.05, 4.69) is 20.6 Å². The summed E-state index contributed by atoms with van der Waals surface area (Å²) < 4.78 is 13.7. The van der Waals surface area contributed by atoms with Crippen LogP contribution in [0.1, 0.15) is 21.9 Å². The van der Waals surface area contributed by atoms with Crippen LogP contribution in [0.2, 0.25) is 10.2 Å². The monoisotopic (exact) mass is 408 g/mol. The summed E-state index contributed by atoms with van der Waals surface area (Å²) in [5.74, 6) is 0.882. The Hall–Kier alpha value is -1.89. The minimum Gasteiger partial charge on any atom is -0.369 e. The van der Waals surface area contributed by atoms with Gasteiger partial charge < -0.3 is 10.6 Å². The number of fused-ring (bicyclic) bond motifs is 1. The number of nitrogens with zero attached hydrogens (tertiary/aromatic N) is 2. The zero-order valence-electron chi connectivity index (χ0n) is 13.6. The van der Waals surface area contributed by atoms with Gasteiger partial charge in [-0.1, -0.05) is 41.4 Å². The fourth-order valence-electron chi connectivity index (χ4n) is 3.00. The maximum Gasteiger partial charge on any atom is 0.184 e. The van der Waals surface area contributed by atoms with Crippen molar-refractivity contribution in [2.45, 2.75) is 18.9 Å². The first-order chi connectivity index (χ1) is 12.6. The molecule has 0 radical (unpaired) electrons. The maximum atomic E-state index is 13.7. The van der Waals surface area contributed by atoms with Gasteiger partial charge in [0.25, 0.3) is 0 Å². The SMILES string of the molecule is Fc1ccccc1CNc1nc(Cl)c(CC2CNc3ncc(Cl)cc32)s1. The van der Waals surface area contributed by atoms with E-state index in [1.54, 1.807) is 18.3 Å². The number of aromatic nitrogens is 2. The van der Waals surface area contributed by atoms with Gasteiger partial charge in [-0.15, -0.1) is 11.3 Å². The van der Waals surface area contributed by atoms with Crippen LogP contribution in [0.5, 0.6) is 0 Å². The van der Waals surface area contributed by atoms with Gasteiger partial charge >= 0.3 is 0 Å². The molecule has 26 heavy (non-hydrogen) atoms. The normalized spacial score (nSPS) is 15.6. The molecule has 1 aliphatic rings. The molecule has 3 heterocycles. The predicted octanol–water partition coefficient (Wildman–Crippen LogP) is 5.35. The second-order valence-corrected chi connectivity index (χ2v) is 7.93. The van der Waals surface area contributed by atoms with Crippen molar-refractivity contribution in [3.8, 4) is 0 Å². The molecule has 1 atom stereocenters. The lowest BCUT2D eigenvalue weighted by Crippen LogP contribution is -2.04. The quantitative estimate of drug-likeness (QED) is 0.597. The standard InChI is InChI=1S/C18H15Cl2FN4S/c19-12-6-13-11(8-22-17(13)23-9-12)5-15-16(20)25-18(26-15)24-7-10-3-1-2-4-14(10)21/h1-4,6,9,11H,5,7-8H2,(H,22,23)(H,24,25). The third kappa shape index (κ3) is 3.63. The van der Waals surface area contributed by atoms with Gasteiger partial charge in [0.1, 0.15) is 16.8 Å². The topological polar surface area (TPSA) is 49.8 Å². The second-order valence-electron chi connectivity index (χ2n) is 6.05. The molecule has 4 nitrogen and oxygen atoms in total. The number of thiazole rings is 1. The molecule has 3 aromatic rings. The van der Waals surface area contributed by atoms with Gasteiger partial charge in [-0.25, -0.2) is 14.4 Å². The number of nitrogens with one attached hydrogen (secondary N) is 2. The molecule has 134 valence electrons. The average Bonchev–Trinajstić information content (AvgIpc) is 3.18. The highest BCUT2D eigenvalue weighted by atomic mass is 35.5. The first-order valence-corrected chi connectivity index (χ1v) is 9.69. The molecule has 2 aromatic heterocycles. The summed E-state index contributed by atoms with van der Waals surface area (Å²) in [4.78, 5) is 9.66. The molecule has 2 N–H and O–H groups in total. The second kappa shape index (κ2) is 7.39. The van der Waals surface area contributed by atoms with Crippen LogP contribution < -0.4 is 10.6 Å². The smallest absolute Gasteiger partial charge is 0.184 e. The summed E-state index contributed by atoms with van der Waals surface area (Å²) >= 11 is 13.9. The van der Waals surface area contributed by atoms with Crippen LogP contribution in [0.25, 0.3) is 0 Å². The molecule has 0 fully saturated rings. The predicted molar refractivity (Wildman–Crippen MR) is 105 cm³/mol. The fourth-order valence-corrected chi connectivity index (χ4v) is 4.42. The van der Waals surface area contributed by atoms with Crippen molar-refractivity contribution in [2.75, 3.05) is 17.2 Å². The van der Waals surface area contributed by atoms with E-state index in [1.807, 2.05) is 12.1 Å². The molecule has 1 unspecified atom stereocenters. The van der Waals surface area contributed by atoms with Crippen LogP contribution >= 0.6 is 34.5 Å². The highest BCUT2D eigenvalue weighted by Gasteiger charge is 2.26. The first-order valence-electron chi connectivity index (χ1n) is 8.12. The first kappa shape index (κ1) is 17.5. The molecule has 0 spiro atoms. The van der Waals surface area contributed by atoms with Gasteiger partial charge in [0, 0.05) is 41.2 Å². The Morgan fingerprint density at radius 3 is 3.00 bits per heavy atom. The summed E-state index contributed by atoms with van der Waals surface area (Å²) in [5.41, 5.74) is 1.69. The van der Waals surface area contributed by atoms with Crippen molar-refractivity contribution in [3.63, 3.8) is 0 Å². The van der Waals surface area contributed by atoms with Crippen LogP contribution in [-0.2, 0) is 13.0 Å². The molecule has 8 heteroatoms. The molecule has 1 aromatic carbocycles. The number of anilines is 2. The van der Waals surface area contributed by atoms with Gasteiger partial charge in [-0.3, -0.25) is 0 Å². The zero-order valence-corrected chi connectivity index (χ0v) is 15.9. The van der Waals surface area contributed by atoms with E-state index in [-0.39, 0.29) is 11.7 Å². The van der Waals surface area contributed by atoms with E-state index in [4.69, 9.17) is 23.2 Å². The van der Waals surface area contributed by atoms with E-state index in [0.29, 0.717) is 27.4 Å². The molecule has 0 saturated heterocycles. The Bertz CT molecular complexity index is 947. The van der Waals surface area contributed by atoms with Crippen LogP contribution in [0.3, 0.4) is 0 Å². The molecule has 0 aliphatic carbocycles. The van der Waals surface area contributed by atoms with Crippen molar-refractivity contribution in [3.05, 3.63) is 68.5 Å². The van der Waals surface area contributed by atoms with Crippen molar-refractivity contribution in [1.29, 1.82) is 0 Å². The Morgan fingerprint density at radius 2 is 2.15 bits per heavy atom. The fraction of sp³-hybridized carbons (Fsp3) is 0.222. The summed E-state index contributed by atoms with van der Waals surface area (Å²) in [6.07, 6.45) is 2.39. The lowest BCUT2D eigenvalue weighted by atomic mass is 9.99. The summed E-state index contributed by atoms with van der Waals surface area (Å²) in [5, 5.41) is 8.23. The number of hydrogen-bond acceptors (Lipinski definition) is 5. The van der Waals surface area contributed by atoms with Crippen LogP contribution in [0.15, 0.2) is 36.5 Å². The molecule has 0 bridgehead atoms. The minimum atomic E-state index is -0.235. The number of halogens is 3. The highest BCUT2D eigenvalue weighted by Crippen LogP contribution is 2.37. The number of benzene rings is 1. The van der Waals surface area contributed by atoms with Crippen molar-refractivity contribution in [1.82, 2.24) is 9.97 Å². The van der Waals surface area contributed by atoms with Crippen LogP contribution in [-0.4, -0.2) is 16.5 Å². The minimum absolute atomic E-state index is 0.235. The average molecular weight is 409 g/mol. The van der Waals surface area contributed by atoms with Crippen molar-refractivity contribution >= 4 is 45.5 Å². The Morgan fingerprint density at radius 1 is 1.31 bits per heavy atom. The van der Waals surface area contributed by atoms with Gasteiger partial charge in [-0.2, -0.15) is 0 Å². The number of rotatable bonds is 5. The summed E-state index contributed by atoms with van der Waals surface area (Å²) in [6.45, 7) is 1.15. The van der Waals surface area contributed by atoms with Crippen molar-refractivity contribution < 1.29 is 4.39 Å². The van der Waals surface area contributed by atoms with E-state index in [9.17, 15) is 4.39 Å². The van der Waals surface area contributed by atoms with Gasteiger partial charge in [-0.05, 0) is 18.6 Å². The van der Waals surface area contributed by atoms with Crippen molar-refractivity contribution in [2.24, 2.45) is 0 Å². The molecule has 0 amide bonds. The van der Waals surface area contributed by atoms with Gasteiger partial charge in [0.15, 0.2) is 5.13 Å². The van der Waals surface area contributed by atoms with E-state index in [1.165, 1.54) is 17.4 Å². The number of pyridine rings is 1. The molecular formula is C18H15Cl2FN4S. The Kier molecular flexibility index (Phi) is 4.98. The molecule has 4 rings (SSSR count). The molecule has 1 aliphatic heterocycles. The van der Waals surface area contributed by atoms with E-state index < -0.39 is 0 Å². The van der Waals surface area contributed by atoms with Gasteiger partial charge in [0.05, 0.1) is 5.02 Å². The zero-order chi connectivity index (χ0) is 18.1. The highest BCUT2D eigenvalue weighted by molar-refractivity contribution is 7.16. The summed E-state index contributed by atoms with van der Waals surface area (Å²) in [6, 6.07) is 8.62. The Labute approximate surface area is 164 Å². The lowest BCUT2D eigenvalue weighted by molar-refractivity contribution is 0.613. The lowest BCUT2D eigenvalue weighted by Gasteiger charge is -2.08. The van der Waals surface area contributed by atoms with E-state index >= 15 is 0 Å². The third-order valence-corrected chi connectivity index (χ3v) is 5.98. The van der Waals surface area contributed by atoms with Gasteiger partial charge in [0.2, 0.25) is 0 Å². The summed E-state index contributed by atoms with van der Waals surface area (Å²) in [7, 11) is 0.